The molecule has 1 amide bonds. The van der Waals surface area contributed by atoms with Crippen LogP contribution in [0.4, 0.5) is 10.1 Å². The summed E-state index contributed by atoms with van der Waals surface area (Å²) in [5, 5.41) is 2.92. The van der Waals surface area contributed by atoms with Crippen LogP contribution in [-0.2, 0) is 14.8 Å². The van der Waals surface area contributed by atoms with Crippen LogP contribution in [-0.4, -0.2) is 31.7 Å². The highest BCUT2D eigenvalue weighted by atomic mass is 79.9. The Kier molecular flexibility index (Phi) is 5.98. The van der Waals surface area contributed by atoms with Gasteiger partial charge in [-0.3, -0.25) is 4.79 Å². The number of rotatable bonds is 4. The Bertz CT molecular complexity index is 957. The predicted molar refractivity (Wildman–Crippen MR) is 105 cm³/mol. The fraction of sp³-hybridized carbons (Fsp3) is 0.316. The molecule has 0 aliphatic carbocycles. The van der Waals surface area contributed by atoms with E-state index in [2.05, 4.69) is 21.2 Å². The zero-order chi connectivity index (χ0) is 19.6. The number of hydrogen-bond donors (Lipinski definition) is 1. The summed E-state index contributed by atoms with van der Waals surface area (Å²) in [6.07, 6.45) is 0.791. The quantitative estimate of drug-likeness (QED) is 0.760. The lowest BCUT2D eigenvalue weighted by Crippen LogP contribution is -2.41. The van der Waals surface area contributed by atoms with Crippen LogP contribution < -0.4 is 5.32 Å². The molecule has 1 aliphatic heterocycles. The van der Waals surface area contributed by atoms with Crippen LogP contribution in [0.25, 0.3) is 0 Å². The lowest BCUT2D eigenvalue weighted by Gasteiger charge is -2.30. The molecule has 144 valence electrons. The van der Waals surface area contributed by atoms with Gasteiger partial charge in [-0.05, 0) is 49.6 Å². The van der Waals surface area contributed by atoms with Crippen molar-refractivity contribution in [1.82, 2.24) is 4.31 Å². The van der Waals surface area contributed by atoms with E-state index in [1.54, 1.807) is 0 Å². The molecule has 3 rings (SSSR count). The van der Waals surface area contributed by atoms with Crippen LogP contribution in [0.2, 0.25) is 0 Å². The number of anilines is 1. The molecule has 5 nitrogen and oxygen atoms in total. The molecule has 1 fully saturated rings. The number of sulfonamides is 1. The van der Waals surface area contributed by atoms with Gasteiger partial charge in [0.15, 0.2) is 0 Å². The van der Waals surface area contributed by atoms with Crippen LogP contribution in [0.15, 0.2) is 51.8 Å². The summed E-state index contributed by atoms with van der Waals surface area (Å²) in [6, 6.07) is 11.0. The van der Waals surface area contributed by atoms with Gasteiger partial charge in [-0.2, -0.15) is 4.31 Å². The zero-order valence-corrected chi connectivity index (χ0v) is 17.2. The lowest BCUT2D eigenvalue weighted by molar-refractivity contribution is -0.120. The number of nitrogens with one attached hydrogen (secondary N) is 1. The summed E-state index contributed by atoms with van der Waals surface area (Å²) >= 11 is 3.38. The van der Waals surface area contributed by atoms with Crippen molar-refractivity contribution in [3.63, 3.8) is 0 Å². The molecule has 1 saturated heterocycles. The molecule has 0 radical (unpaired) electrons. The van der Waals surface area contributed by atoms with Gasteiger partial charge in [0.25, 0.3) is 0 Å². The van der Waals surface area contributed by atoms with Gasteiger partial charge < -0.3 is 5.32 Å². The molecule has 0 aromatic heterocycles. The van der Waals surface area contributed by atoms with E-state index in [0.717, 1.165) is 21.8 Å². The van der Waals surface area contributed by atoms with Gasteiger partial charge in [0.05, 0.1) is 0 Å². The van der Waals surface area contributed by atoms with Crippen LogP contribution in [0.5, 0.6) is 0 Å². The van der Waals surface area contributed by atoms with E-state index in [0.29, 0.717) is 12.8 Å². The van der Waals surface area contributed by atoms with E-state index in [1.165, 1.54) is 22.5 Å². The molecule has 1 N–H and O–H groups in total. The number of hydrogen-bond acceptors (Lipinski definition) is 3. The van der Waals surface area contributed by atoms with Gasteiger partial charge in [0.1, 0.15) is 10.7 Å². The number of carbonyl (C=O) groups is 1. The summed E-state index contributed by atoms with van der Waals surface area (Å²) in [6.45, 7) is 2.28. The number of halogens is 2. The first kappa shape index (κ1) is 20.0. The summed E-state index contributed by atoms with van der Waals surface area (Å²) in [4.78, 5) is 12.2. The summed E-state index contributed by atoms with van der Waals surface area (Å²) < 4.78 is 41.3. The molecule has 0 bridgehead atoms. The topological polar surface area (TPSA) is 66.5 Å². The van der Waals surface area contributed by atoms with Crippen LogP contribution in [0.3, 0.4) is 0 Å². The van der Waals surface area contributed by atoms with Crippen molar-refractivity contribution in [3.05, 3.63) is 58.3 Å². The maximum atomic E-state index is 13.9. The SMILES string of the molecule is Cc1ccc(Br)cc1NC(=O)C1CCN(S(=O)(=O)c2ccccc2F)CC1. The van der Waals surface area contributed by atoms with Gasteiger partial charge in [-0.25, -0.2) is 12.8 Å². The molecule has 1 aliphatic rings. The van der Waals surface area contributed by atoms with Crippen LogP contribution >= 0.6 is 15.9 Å². The Morgan fingerprint density at radius 3 is 2.52 bits per heavy atom. The molecular formula is C19H20BrFN2O3S. The van der Waals surface area contributed by atoms with Crippen molar-refractivity contribution in [2.24, 2.45) is 5.92 Å². The molecule has 0 unspecified atom stereocenters. The molecule has 2 aromatic carbocycles. The number of aryl methyl sites for hydroxylation is 1. The van der Waals surface area contributed by atoms with Crippen LogP contribution in [0.1, 0.15) is 18.4 Å². The highest BCUT2D eigenvalue weighted by Crippen LogP contribution is 2.27. The van der Waals surface area contributed by atoms with Crippen molar-refractivity contribution in [2.75, 3.05) is 18.4 Å². The van der Waals surface area contributed by atoms with Gasteiger partial charge in [-0.1, -0.05) is 34.1 Å². The first-order valence-corrected chi connectivity index (χ1v) is 10.8. The minimum atomic E-state index is -3.89. The Morgan fingerprint density at radius 1 is 1.19 bits per heavy atom. The summed E-state index contributed by atoms with van der Waals surface area (Å²) in [5.41, 5.74) is 1.68. The fourth-order valence-electron chi connectivity index (χ4n) is 3.12. The fourth-order valence-corrected chi connectivity index (χ4v) is 5.01. The third-order valence-electron chi connectivity index (χ3n) is 4.74. The van der Waals surface area contributed by atoms with Gasteiger partial charge in [0, 0.05) is 29.2 Å². The van der Waals surface area contributed by atoms with Crippen molar-refractivity contribution in [1.29, 1.82) is 0 Å². The summed E-state index contributed by atoms with van der Waals surface area (Å²) in [7, 11) is -3.89. The first-order chi connectivity index (χ1) is 12.8. The Labute approximate surface area is 166 Å². The molecular weight excluding hydrogens is 435 g/mol. The van der Waals surface area contributed by atoms with E-state index in [1.807, 2.05) is 25.1 Å². The number of carbonyl (C=O) groups excluding carboxylic acids is 1. The third kappa shape index (κ3) is 4.39. The Morgan fingerprint density at radius 2 is 1.85 bits per heavy atom. The normalized spacial score (nSPS) is 16.3. The van der Waals surface area contributed by atoms with Crippen molar-refractivity contribution in [2.45, 2.75) is 24.7 Å². The molecule has 2 aromatic rings. The smallest absolute Gasteiger partial charge is 0.245 e. The third-order valence-corrected chi connectivity index (χ3v) is 7.16. The molecule has 27 heavy (non-hydrogen) atoms. The maximum Gasteiger partial charge on any atom is 0.245 e. The second-order valence-corrected chi connectivity index (χ2v) is 9.38. The number of piperidine rings is 1. The van der Waals surface area contributed by atoms with Crippen molar-refractivity contribution in [3.8, 4) is 0 Å². The van der Waals surface area contributed by atoms with E-state index in [4.69, 9.17) is 0 Å². The second kappa shape index (κ2) is 8.08. The van der Waals surface area contributed by atoms with Gasteiger partial charge in [-0.15, -0.1) is 0 Å². The number of amides is 1. The highest BCUT2D eigenvalue weighted by molar-refractivity contribution is 9.10. The highest BCUT2D eigenvalue weighted by Gasteiger charge is 2.33. The van der Waals surface area contributed by atoms with Gasteiger partial charge >= 0.3 is 0 Å². The van der Waals surface area contributed by atoms with Crippen LogP contribution in [0, 0.1) is 18.7 Å². The number of benzene rings is 2. The standard InChI is InChI=1S/C19H20BrFN2O3S/c1-13-6-7-15(20)12-17(13)22-19(24)14-8-10-23(11-9-14)27(25,26)18-5-3-2-4-16(18)21/h2-7,12,14H,8-11H2,1H3,(H,22,24). The monoisotopic (exact) mass is 454 g/mol. The molecule has 1 heterocycles. The average molecular weight is 455 g/mol. The average Bonchev–Trinajstić information content (AvgIpc) is 2.65. The molecule has 0 saturated carbocycles. The second-order valence-electron chi connectivity index (χ2n) is 6.56. The van der Waals surface area contributed by atoms with Crippen molar-refractivity contribution < 1.29 is 17.6 Å². The van der Waals surface area contributed by atoms with Crippen molar-refractivity contribution >= 4 is 37.5 Å². The lowest BCUT2D eigenvalue weighted by atomic mass is 9.97. The molecule has 0 atom stereocenters. The first-order valence-electron chi connectivity index (χ1n) is 8.61. The van der Waals surface area contributed by atoms with Gasteiger partial charge in [0.2, 0.25) is 15.9 Å². The Balaban J connectivity index is 1.66. The minimum absolute atomic E-state index is 0.126. The predicted octanol–water partition coefficient (Wildman–Crippen LogP) is 3.94. The number of nitrogens with zero attached hydrogens (tertiary/aromatic N) is 1. The van der Waals surface area contributed by atoms with E-state index in [9.17, 15) is 17.6 Å². The Hall–Kier alpha value is -1.77. The van der Waals surface area contributed by atoms with E-state index < -0.39 is 15.8 Å². The molecule has 8 heteroatoms. The maximum absolute atomic E-state index is 13.9. The minimum Gasteiger partial charge on any atom is -0.326 e. The zero-order valence-electron chi connectivity index (χ0n) is 14.8. The molecule has 0 spiro atoms. The van der Waals surface area contributed by atoms with E-state index >= 15 is 0 Å². The largest absolute Gasteiger partial charge is 0.326 e. The summed E-state index contributed by atoms with van der Waals surface area (Å²) in [5.74, 6) is -1.17. The van der Waals surface area contributed by atoms with E-state index in [-0.39, 0.29) is 29.8 Å².